The number of aromatic amines is 1. The number of nitrogens with one attached hydrogen (secondary N) is 2. The fourth-order valence-electron chi connectivity index (χ4n) is 2.22. The SMILES string of the molecule is CC(Nc1ccc2oc(=O)[nH]c2c1)c1ccc(Cl)cc1Cl. The van der Waals surface area contributed by atoms with E-state index in [9.17, 15) is 4.79 Å². The summed E-state index contributed by atoms with van der Waals surface area (Å²) in [6.07, 6.45) is 0. The number of fused-ring (bicyclic) bond motifs is 1. The summed E-state index contributed by atoms with van der Waals surface area (Å²) in [4.78, 5) is 13.8. The Morgan fingerprint density at radius 1 is 1.19 bits per heavy atom. The van der Waals surface area contributed by atoms with Gasteiger partial charge in [0, 0.05) is 21.8 Å². The maximum Gasteiger partial charge on any atom is 0.417 e. The Hall–Kier alpha value is -1.91. The van der Waals surface area contributed by atoms with Crippen molar-refractivity contribution in [2.75, 3.05) is 5.32 Å². The predicted octanol–water partition coefficient (Wildman–Crippen LogP) is 4.60. The van der Waals surface area contributed by atoms with Crippen molar-refractivity contribution in [3.63, 3.8) is 0 Å². The summed E-state index contributed by atoms with van der Waals surface area (Å²) in [6, 6.07) is 10.8. The van der Waals surface area contributed by atoms with Gasteiger partial charge in [-0.25, -0.2) is 4.79 Å². The van der Waals surface area contributed by atoms with Crippen LogP contribution in [0, 0.1) is 0 Å². The number of hydrogen-bond donors (Lipinski definition) is 2. The molecule has 0 saturated heterocycles. The number of rotatable bonds is 3. The van der Waals surface area contributed by atoms with E-state index in [0.717, 1.165) is 11.3 Å². The highest BCUT2D eigenvalue weighted by Crippen LogP contribution is 2.29. The zero-order valence-electron chi connectivity index (χ0n) is 11.1. The Balaban J connectivity index is 1.88. The zero-order valence-corrected chi connectivity index (χ0v) is 12.6. The van der Waals surface area contributed by atoms with E-state index in [1.807, 2.05) is 25.1 Å². The molecule has 3 rings (SSSR count). The van der Waals surface area contributed by atoms with Crippen LogP contribution >= 0.6 is 23.2 Å². The zero-order chi connectivity index (χ0) is 15.0. The fraction of sp³-hybridized carbons (Fsp3) is 0.133. The van der Waals surface area contributed by atoms with E-state index in [2.05, 4.69) is 10.3 Å². The van der Waals surface area contributed by atoms with Gasteiger partial charge in [-0.05, 0) is 42.8 Å². The van der Waals surface area contributed by atoms with E-state index in [1.54, 1.807) is 18.2 Å². The maximum absolute atomic E-state index is 11.1. The van der Waals surface area contributed by atoms with Gasteiger partial charge in [0.2, 0.25) is 0 Å². The van der Waals surface area contributed by atoms with Crippen molar-refractivity contribution in [1.29, 1.82) is 0 Å². The average molecular weight is 323 g/mol. The van der Waals surface area contributed by atoms with Crippen LogP contribution in [0.3, 0.4) is 0 Å². The summed E-state index contributed by atoms with van der Waals surface area (Å²) in [5.74, 6) is -0.462. The first-order valence-electron chi connectivity index (χ1n) is 6.37. The van der Waals surface area contributed by atoms with Crippen LogP contribution in [0.5, 0.6) is 0 Å². The van der Waals surface area contributed by atoms with Gasteiger partial charge >= 0.3 is 5.76 Å². The highest BCUT2D eigenvalue weighted by atomic mass is 35.5. The molecule has 4 nitrogen and oxygen atoms in total. The molecule has 0 aliphatic carbocycles. The Labute approximate surface area is 130 Å². The minimum Gasteiger partial charge on any atom is -0.408 e. The topological polar surface area (TPSA) is 58.0 Å². The number of anilines is 1. The van der Waals surface area contributed by atoms with E-state index >= 15 is 0 Å². The van der Waals surface area contributed by atoms with Gasteiger partial charge in [-0.3, -0.25) is 4.98 Å². The highest BCUT2D eigenvalue weighted by Gasteiger charge is 2.11. The molecule has 1 unspecified atom stereocenters. The van der Waals surface area contributed by atoms with E-state index < -0.39 is 5.76 Å². The molecule has 6 heteroatoms. The third-order valence-corrected chi connectivity index (χ3v) is 3.79. The first-order chi connectivity index (χ1) is 10.0. The number of aromatic nitrogens is 1. The number of hydrogen-bond acceptors (Lipinski definition) is 3. The molecule has 0 bridgehead atoms. The van der Waals surface area contributed by atoms with E-state index in [-0.39, 0.29) is 6.04 Å². The van der Waals surface area contributed by atoms with Gasteiger partial charge in [0.05, 0.1) is 5.52 Å². The van der Waals surface area contributed by atoms with Gasteiger partial charge in [0.15, 0.2) is 5.58 Å². The first-order valence-corrected chi connectivity index (χ1v) is 7.13. The van der Waals surface area contributed by atoms with Crippen LogP contribution in [0.4, 0.5) is 5.69 Å². The lowest BCUT2D eigenvalue weighted by atomic mass is 10.1. The average Bonchev–Trinajstić information content (AvgIpc) is 2.77. The fourth-order valence-corrected chi connectivity index (χ4v) is 2.79. The first kappa shape index (κ1) is 14.0. The molecule has 0 aliphatic rings. The second kappa shape index (κ2) is 5.47. The van der Waals surface area contributed by atoms with Crippen molar-refractivity contribution in [2.45, 2.75) is 13.0 Å². The van der Waals surface area contributed by atoms with Gasteiger partial charge < -0.3 is 9.73 Å². The molecule has 0 amide bonds. The second-order valence-corrected chi connectivity index (χ2v) is 5.60. The molecule has 0 radical (unpaired) electrons. The monoisotopic (exact) mass is 322 g/mol. The van der Waals surface area contributed by atoms with Crippen LogP contribution in [-0.2, 0) is 0 Å². The molecular weight excluding hydrogens is 311 g/mol. The second-order valence-electron chi connectivity index (χ2n) is 4.76. The van der Waals surface area contributed by atoms with Crippen molar-refractivity contribution in [3.8, 4) is 0 Å². The molecule has 2 aromatic carbocycles. The lowest BCUT2D eigenvalue weighted by Gasteiger charge is -2.17. The standard InChI is InChI=1S/C15H12Cl2N2O2/c1-8(11-4-2-9(16)6-12(11)17)18-10-3-5-14-13(7-10)19-15(20)21-14/h2-8,18H,1H3,(H,19,20). The molecule has 2 N–H and O–H groups in total. The van der Waals surface area contributed by atoms with E-state index in [1.165, 1.54) is 0 Å². The van der Waals surface area contributed by atoms with Gasteiger partial charge in [0.25, 0.3) is 0 Å². The Bertz CT molecular complexity index is 854. The van der Waals surface area contributed by atoms with Gasteiger partial charge in [-0.1, -0.05) is 29.3 Å². The molecule has 0 spiro atoms. The van der Waals surface area contributed by atoms with Crippen LogP contribution in [0.1, 0.15) is 18.5 Å². The molecule has 1 heterocycles. The largest absolute Gasteiger partial charge is 0.417 e. The van der Waals surface area contributed by atoms with Crippen LogP contribution in [0.25, 0.3) is 11.1 Å². The van der Waals surface area contributed by atoms with Crippen molar-refractivity contribution in [3.05, 3.63) is 62.6 Å². The molecule has 3 aromatic rings. The minimum absolute atomic E-state index is 0.00848. The van der Waals surface area contributed by atoms with Crippen LogP contribution in [0.2, 0.25) is 10.0 Å². The minimum atomic E-state index is -0.462. The number of oxazole rings is 1. The van der Waals surface area contributed by atoms with E-state index in [4.69, 9.17) is 27.6 Å². The number of benzene rings is 2. The Morgan fingerprint density at radius 2 is 2.00 bits per heavy atom. The summed E-state index contributed by atoms with van der Waals surface area (Å²) < 4.78 is 4.97. The molecule has 108 valence electrons. The smallest absolute Gasteiger partial charge is 0.408 e. The van der Waals surface area contributed by atoms with Crippen molar-refractivity contribution in [2.24, 2.45) is 0 Å². The number of H-pyrrole nitrogens is 1. The molecule has 1 aromatic heterocycles. The normalized spacial score (nSPS) is 12.5. The van der Waals surface area contributed by atoms with Crippen molar-refractivity contribution in [1.82, 2.24) is 4.98 Å². The molecule has 1 atom stereocenters. The molecule has 0 aliphatic heterocycles. The third-order valence-electron chi connectivity index (χ3n) is 3.23. The lowest BCUT2D eigenvalue weighted by Crippen LogP contribution is -2.07. The van der Waals surface area contributed by atoms with Crippen molar-refractivity contribution < 1.29 is 4.42 Å². The molecule has 21 heavy (non-hydrogen) atoms. The third kappa shape index (κ3) is 2.91. The quantitative estimate of drug-likeness (QED) is 0.740. The summed E-state index contributed by atoms with van der Waals surface area (Å²) >= 11 is 12.1. The van der Waals surface area contributed by atoms with Crippen LogP contribution in [0.15, 0.2) is 45.6 Å². The Morgan fingerprint density at radius 3 is 2.76 bits per heavy atom. The summed E-state index contributed by atoms with van der Waals surface area (Å²) in [7, 11) is 0. The lowest BCUT2D eigenvalue weighted by molar-refractivity contribution is 0.555. The molecular formula is C15H12Cl2N2O2. The maximum atomic E-state index is 11.1. The number of halogens is 2. The van der Waals surface area contributed by atoms with Gasteiger partial charge in [-0.15, -0.1) is 0 Å². The van der Waals surface area contributed by atoms with Gasteiger partial charge in [-0.2, -0.15) is 0 Å². The van der Waals surface area contributed by atoms with Crippen LogP contribution in [-0.4, -0.2) is 4.98 Å². The summed E-state index contributed by atoms with van der Waals surface area (Å²) in [5, 5.41) is 4.54. The van der Waals surface area contributed by atoms with Crippen LogP contribution < -0.4 is 11.1 Å². The summed E-state index contributed by atoms with van der Waals surface area (Å²) in [6.45, 7) is 2.00. The Kier molecular flexibility index (Phi) is 3.66. The van der Waals surface area contributed by atoms with E-state index in [0.29, 0.717) is 21.1 Å². The summed E-state index contributed by atoms with van der Waals surface area (Å²) in [5.41, 5.74) is 2.99. The van der Waals surface area contributed by atoms with Crippen molar-refractivity contribution >= 4 is 40.0 Å². The molecule has 0 saturated carbocycles. The predicted molar refractivity (Wildman–Crippen MR) is 85.3 cm³/mol. The molecule has 0 fully saturated rings. The van der Waals surface area contributed by atoms with Gasteiger partial charge in [0.1, 0.15) is 0 Å². The highest BCUT2D eigenvalue weighted by molar-refractivity contribution is 6.35.